The lowest BCUT2D eigenvalue weighted by Crippen LogP contribution is -2.18. The molecular formula is C31H30N6O3. The van der Waals surface area contributed by atoms with Crippen LogP contribution in [0, 0.1) is 10.1 Å². The molecule has 2 aromatic heterocycles. The standard InChI is InChI=1S/C31H30N6O3/c1-2-28-32-18-27(34-28)21-9-11-23(12-10-21)33-30(22-7-5-20(6-8-22)19-36-15-3-4-16-36)29-25-17-24(37(39)40)13-14-26(25)35-31(29)38/h5-14,17-18,35,38H,2-4,15-16,19H2,1H3,(H,32,34). The van der Waals surface area contributed by atoms with Gasteiger partial charge < -0.3 is 15.1 Å². The summed E-state index contributed by atoms with van der Waals surface area (Å²) < 4.78 is 0. The number of rotatable bonds is 8. The molecule has 1 saturated heterocycles. The molecule has 9 nitrogen and oxygen atoms in total. The number of imidazole rings is 1. The Morgan fingerprint density at radius 3 is 2.48 bits per heavy atom. The summed E-state index contributed by atoms with van der Waals surface area (Å²) in [5, 5.41) is 23.1. The van der Waals surface area contributed by atoms with Gasteiger partial charge in [-0.2, -0.15) is 0 Å². The highest BCUT2D eigenvalue weighted by molar-refractivity contribution is 6.22. The maximum absolute atomic E-state index is 11.5. The van der Waals surface area contributed by atoms with Gasteiger partial charge in [-0.1, -0.05) is 43.3 Å². The summed E-state index contributed by atoms with van der Waals surface area (Å²) >= 11 is 0. The average molecular weight is 535 g/mol. The lowest BCUT2D eigenvalue weighted by molar-refractivity contribution is -0.384. The number of aliphatic imine (C=N–C) groups is 1. The summed E-state index contributed by atoms with van der Waals surface area (Å²) in [6.45, 7) is 5.18. The number of aryl methyl sites for hydroxylation is 1. The van der Waals surface area contributed by atoms with Gasteiger partial charge in [0.2, 0.25) is 0 Å². The summed E-state index contributed by atoms with van der Waals surface area (Å²) in [6.07, 6.45) is 5.12. The number of aromatic nitrogens is 3. The average Bonchev–Trinajstić information content (AvgIpc) is 3.72. The Hall–Kier alpha value is -4.76. The van der Waals surface area contributed by atoms with Crippen molar-refractivity contribution >= 4 is 28.0 Å². The number of likely N-dealkylation sites (tertiary alicyclic amines) is 1. The molecule has 0 amide bonds. The van der Waals surface area contributed by atoms with Gasteiger partial charge in [-0.05, 0) is 55.3 Å². The molecule has 9 heteroatoms. The van der Waals surface area contributed by atoms with E-state index >= 15 is 0 Å². The zero-order valence-electron chi connectivity index (χ0n) is 22.2. The van der Waals surface area contributed by atoms with Crippen LogP contribution in [-0.4, -0.2) is 48.7 Å². The normalized spacial score (nSPS) is 14.3. The maximum atomic E-state index is 11.5. The zero-order chi connectivity index (χ0) is 27.6. The number of aromatic hydroxyl groups is 1. The molecule has 0 unspecified atom stereocenters. The number of nitrogens with zero attached hydrogens (tertiary/aromatic N) is 4. The summed E-state index contributed by atoms with van der Waals surface area (Å²) in [5.74, 6) is 0.841. The maximum Gasteiger partial charge on any atom is 0.270 e. The van der Waals surface area contributed by atoms with E-state index in [-0.39, 0.29) is 11.6 Å². The number of hydrogen-bond acceptors (Lipinski definition) is 6. The second-order valence-electron chi connectivity index (χ2n) is 10.1. The molecule has 3 heterocycles. The van der Waals surface area contributed by atoms with Crippen LogP contribution in [0.3, 0.4) is 0 Å². The van der Waals surface area contributed by atoms with Gasteiger partial charge in [0.05, 0.1) is 33.8 Å². The van der Waals surface area contributed by atoms with Crippen LogP contribution in [0.5, 0.6) is 5.88 Å². The molecule has 0 saturated carbocycles. The van der Waals surface area contributed by atoms with Gasteiger partial charge in [0.1, 0.15) is 5.82 Å². The minimum atomic E-state index is -0.435. The minimum Gasteiger partial charge on any atom is -0.494 e. The highest BCUT2D eigenvalue weighted by atomic mass is 16.6. The summed E-state index contributed by atoms with van der Waals surface area (Å²) in [7, 11) is 0. The topological polar surface area (TPSA) is 123 Å². The number of H-pyrrole nitrogens is 2. The fourth-order valence-corrected chi connectivity index (χ4v) is 5.28. The first kappa shape index (κ1) is 25.5. The molecule has 0 aliphatic carbocycles. The van der Waals surface area contributed by atoms with Crippen LogP contribution >= 0.6 is 0 Å². The summed E-state index contributed by atoms with van der Waals surface area (Å²) in [6, 6.07) is 20.5. The molecule has 6 rings (SSSR count). The Kier molecular flexibility index (Phi) is 6.88. The van der Waals surface area contributed by atoms with E-state index in [0.717, 1.165) is 48.7 Å². The number of nitrogens with one attached hydrogen (secondary N) is 2. The first-order chi connectivity index (χ1) is 19.5. The SMILES string of the molecule is CCc1ncc(-c2ccc(N=C(c3ccc(CN4CCCC4)cc3)c3c(O)[nH]c4ccc([N+](=O)[O-])cc34)cc2)[nH]1. The van der Waals surface area contributed by atoms with Crippen molar-refractivity contribution in [3.05, 3.63) is 106 Å². The van der Waals surface area contributed by atoms with Crippen molar-refractivity contribution in [1.82, 2.24) is 19.9 Å². The van der Waals surface area contributed by atoms with E-state index in [1.807, 2.05) is 42.6 Å². The first-order valence-electron chi connectivity index (χ1n) is 13.5. The predicted octanol–water partition coefficient (Wildman–Crippen LogP) is 6.50. The van der Waals surface area contributed by atoms with Gasteiger partial charge in [-0.15, -0.1) is 0 Å². The monoisotopic (exact) mass is 534 g/mol. The first-order valence-corrected chi connectivity index (χ1v) is 13.5. The lowest BCUT2D eigenvalue weighted by atomic mass is 9.99. The Bertz CT molecular complexity index is 1690. The molecule has 1 aliphatic heterocycles. The fourth-order valence-electron chi connectivity index (χ4n) is 5.28. The van der Waals surface area contributed by atoms with Crippen molar-refractivity contribution < 1.29 is 10.0 Å². The zero-order valence-corrected chi connectivity index (χ0v) is 22.2. The smallest absolute Gasteiger partial charge is 0.270 e. The molecule has 1 aliphatic rings. The van der Waals surface area contributed by atoms with Gasteiger partial charge in [-0.25, -0.2) is 9.98 Å². The van der Waals surface area contributed by atoms with Crippen LogP contribution in [0.4, 0.5) is 11.4 Å². The van der Waals surface area contributed by atoms with Crippen LogP contribution in [0.2, 0.25) is 0 Å². The summed E-state index contributed by atoms with van der Waals surface area (Å²) in [5.41, 5.74) is 6.12. The quantitative estimate of drug-likeness (QED) is 0.119. The van der Waals surface area contributed by atoms with Crippen LogP contribution < -0.4 is 0 Å². The number of hydrogen-bond donors (Lipinski definition) is 3. The largest absolute Gasteiger partial charge is 0.494 e. The van der Waals surface area contributed by atoms with Gasteiger partial charge >= 0.3 is 0 Å². The highest BCUT2D eigenvalue weighted by Crippen LogP contribution is 2.34. The number of benzene rings is 3. The molecule has 0 radical (unpaired) electrons. The molecule has 0 atom stereocenters. The molecule has 3 aromatic carbocycles. The molecule has 1 fully saturated rings. The Morgan fingerprint density at radius 1 is 1.05 bits per heavy atom. The summed E-state index contributed by atoms with van der Waals surface area (Å²) in [4.78, 5) is 29.2. The third kappa shape index (κ3) is 5.11. The van der Waals surface area contributed by atoms with Crippen LogP contribution in [0.25, 0.3) is 22.2 Å². The Balaban J connectivity index is 1.43. The van der Waals surface area contributed by atoms with E-state index in [2.05, 4.69) is 38.9 Å². The molecule has 202 valence electrons. The van der Waals surface area contributed by atoms with Gasteiger partial charge in [0, 0.05) is 41.6 Å². The fraction of sp³-hybridized carbons (Fsp3) is 0.226. The van der Waals surface area contributed by atoms with Gasteiger partial charge in [0.15, 0.2) is 5.88 Å². The molecule has 0 bridgehead atoms. The van der Waals surface area contributed by atoms with E-state index in [4.69, 9.17) is 4.99 Å². The number of nitro groups is 1. The molecule has 0 spiro atoms. The van der Waals surface area contributed by atoms with Crippen molar-refractivity contribution in [3.63, 3.8) is 0 Å². The Labute approximate surface area is 231 Å². The molecule has 3 N–H and O–H groups in total. The molecular weight excluding hydrogens is 504 g/mol. The van der Waals surface area contributed by atoms with E-state index < -0.39 is 4.92 Å². The van der Waals surface area contributed by atoms with Crippen molar-refractivity contribution in [2.24, 2.45) is 4.99 Å². The number of nitro benzene ring substituents is 1. The second-order valence-corrected chi connectivity index (χ2v) is 10.1. The number of non-ortho nitro benzene ring substituents is 1. The van der Waals surface area contributed by atoms with Crippen molar-refractivity contribution in [2.75, 3.05) is 13.1 Å². The number of aromatic amines is 2. The molecule has 5 aromatic rings. The number of fused-ring (bicyclic) bond motifs is 1. The van der Waals surface area contributed by atoms with Crippen molar-refractivity contribution in [3.8, 4) is 17.1 Å². The van der Waals surface area contributed by atoms with E-state index in [0.29, 0.717) is 27.9 Å². The van der Waals surface area contributed by atoms with Gasteiger partial charge in [0.25, 0.3) is 5.69 Å². The van der Waals surface area contributed by atoms with Crippen molar-refractivity contribution in [2.45, 2.75) is 32.7 Å². The second kappa shape index (κ2) is 10.8. The predicted molar refractivity (Wildman–Crippen MR) is 156 cm³/mol. The van der Waals surface area contributed by atoms with Crippen LogP contribution in [-0.2, 0) is 13.0 Å². The lowest BCUT2D eigenvalue weighted by Gasteiger charge is -2.15. The van der Waals surface area contributed by atoms with Crippen LogP contribution in [0.1, 0.15) is 42.3 Å². The third-order valence-electron chi connectivity index (χ3n) is 7.42. The van der Waals surface area contributed by atoms with E-state index in [9.17, 15) is 15.2 Å². The van der Waals surface area contributed by atoms with Crippen molar-refractivity contribution in [1.29, 1.82) is 0 Å². The third-order valence-corrected chi connectivity index (χ3v) is 7.42. The van der Waals surface area contributed by atoms with E-state index in [1.54, 1.807) is 6.07 Å². The molecule has 40 heavy (non-hydrogen) atoms. The van der Waals surface area contributed by atoms with Gasteiger partial charge in [-0.3, -0.25) is 15.0 Å². The highest BCUT2D eigenvalue weighted by Gasteiger charge is 2.21. The minimum absolute atomic E-state index is 0.0524. The Morgan fingerprint density at radius 2 is 1.80 bits per heavy atom. The van der Waals surface area contributed by atoms with E-state index in [1.165, 1.54) is 30.5 Å². The van der Waals surface area contributed by atoms with Crippen LogP contribution in [0.15, 0.2) is 77.9 Å².